The van der Waals surface area contributed by atoms with Gasteiger partial charge in [0.25, 0.3) is 22.2 Å². The normalized spacial score (nSPS) is 10.0. The largest absolute Gasteiger partial charge is 0.487 e. The smallest absolute Gasteiger partial charge is 0.267 e. The van der Waals surface area contributed by atoms with Gasteiger partial charge in [-0.2, -0.15) is 0 Å². The van der Waals surface area contributed by atoms with Crippen molar-refractivity contribution in [2.24, 2.45) is 0 Å². The summed E-state index contributed by atoms with van der Waals surface area (Å²) < 4.78 is 26.3. The second kappa shape index (κ2) is 26.7. The second-order valence-electron chi connectivity index (χ2n) is 11.1. The van der Waals surface area contributed by atoms with Gasteiger partial charge in [0, 0.05) is 53.4 Å². The summed E-state index contributed by atoms with van der Waals surface area (Å²) in [5, 5.41) is 45.1. The minimum Gasteiger partial charge on any atom is -0.487 e. The molecule has 0 saturated heterocycles. The average molecular weight is 781 g/mol. The minimum atomic E-state index is 0. The molecule has 49 heavy (non-hydrogen) atoms. The summed E-state index contributed by atoms with van der Waals surface area (Å²) in [6, 6.07) is 0. The lowest BCUT2D eigenvalue weighted by atomic mass is 10.1. The van der Waals surface area contributed by atoms with E-state index in [9.17, 15) is 0 Å². The number of rotatable bonds is 18. The molecule has 21 heteroatoms. The van der Waals surface area contributed by atoms with Gasteiger partial charge in [-0.3, -0.25) is 42.7 Å². The van der Waals surface area contributed by atoms with Gasteiger partial charge in [0.05, 0.1) is 0 Å². The Labute approximate surface area is 309 Å². The van der Waals surface area contributed by atoms with Crippen LogP contribution in [-0.2, 0) is 26.2 Å². The number of nitrogens with zero attached hydrogens (tertiary/aromatic N) is 8. The summed E-state index contributed by atoms with van der Waals surface area (Å²) in [6.07, 6.45) is 13.6. The summed E-state index contributed by atoms with van der Waals surface area (Å²) in [4.78, 5) is 0. The molecule has 0 radical (unpaired) electrons. The molecule has 0 aromatic carbocycles. The molecule has 0 saturated carbocycles. The van der Waals surface area contributed by atoms with Crippen LogP contribution in [0.3, 0.4) is 0 Å². The molecule has 17 nitrogen and oxygen atoms in total. The quantitative estimate of drug-likeness (QED) is 0.0829. The zero-order chi connectivity index (χ0) is 31.9. The number of unbranched alkanes of at least 4 members (excludes halogenated alkanes) is 10. The summed E-state index contributed by atoms with van der Waals surface area (Å²) in [5.41, 5.74) is 3.74. The molecule has 0 aliphatic heterocycles. The van der Waals surface area contributed by atoms with Crippen molar-refractivity contribution in [1.82, 2.24) is 21.1 Å². The van der Waals surface area contributed by atoms with Crippen molar-refractivity contribution in [1.29, 1.82) is 21.6 Å². The molecule has 0 aliphatic carbocycles. The van der Waals surface area contributed by atoms with Gasteiger partial charge in [0.15, 0.2) is 0 Å². The molecular formula is C28H54Cl4N12O5. The van der Waals surface area contributed by atoms with Crippen molar-refractivity contribution in [3.05, 3.63) is 45.0 Å². The third kappa shape index (κ3) is 16.4. The van der Waals surface area contributed by atoms with E-state index in [1.165, 1.54) is 25.7 Å². The molecule has 0 unspecified atom stereocenters. The maximum atomic E-state index is 7.44. The van der Waals surface area contributed by atoms with Crippen LogP contribution in [0.1, 0.15) is 99.8 Å². The zero-order valence-electron chi connectivity index (χ0n) is 28.7. The summed E-state index contributed by atoms with van der Waals surface area (Å²) in [5.74, 6) is 0. The van der Waals surface area contributed by atoms with Gasteiger partial charge in [-0.25, -0.2) is 18.7 Å². The minimum absolute atomic E-state index is 0. The van der Waals surface area contributed by atoms with Crippen molar-refractivity contribution in [2.45, 2.75) is 131 Å². The van der Waals surface area contributed by atoms with Gasteiger partial charge in [-0.15, -0.1) is 49.6 Å². The van der Waals surface area contributed by atoms with Crippen molar-refractivity contribution in [3.8, 4) is 0 Å². The van der Waals surface area contributed by atoms with Crippen LogP contribution in [-0.4, -0.2) is 5.48 Å². The molecule has 6 N–H and O–H groups in total. The summed E-state index contributed by atoms with van der Waals surface area (Å²) in [6.45, 7) is 10.7. The first-order valence-electron chi connectivity index (χ1n) is 15.5. The Kier molecular flexibility index (Phi) is 27.4. The first-order valence-corrected chi connectivity index (χ1v) is 15.5. The first-order chi connectivity index (χ1) is 21.2. The van der Waals surface area contributed by atoms with Gasteiger partial charge < -0.3 is 23.6 Å². The van der Waals surface area contributed by atoms with Gasteiger partial charge in [0.2, 0.25) is 22.8 Å². The summed E-state index contributed by atoms with van der Waals surface area (Å²) in [7, 11) is 0. The number of hydrogen-bond acceptors (Lipinski definition) is 8. The highest BCUT2D eigenvalue weighted by molar-refractivity contribution is 5.86. The maximum absolute atomic E-state index is 7.44. The van der Waals surface area contributed by atoms with E-state index >= 15 is 0 Å². The Hall–Kier alpha value is -3.12. The van der Waals surface area contributed by atoms with Crippen LogP contribution >= 0.6 is 49.6 Å². The van der Waals surface area contributed by atoms with Gasteiger partial charge in [-0.05, 0) is 25.7 Å². The van der Waals surface area contributed by atoms with E-state index in [0.29, 0.717) is 0 Å². The highest BCUT2D eigenvalue weighted by Crippen LogP contribution is 2.06. The number of aryl methyl sites for hydroxylation is 4. The van der Waals surface area contributed by atoms with E-state index in [-0.39, 0.29) is 77.3 Å². The molecule has 0 fully saturated rings. The van der Waals surface area contributed by atoms with Crippen LogP contribution < -0.4 is 62.0 Å². The van der Waals surface area contributed by atoms with Crippen LogP contribution in [0.2, 0.25) is 0 Å². The predicted octanol–water partition coefficient (Wildman–Crippen LogP) is 0.820. The Bertz CT molecular complexity index is 1410. The lowest BCUT2D eigenvalue weighted by molar-refractivity contribution is -0.772. The topological polar surface area (TPSA) is 251 Å². The van der Waals surface area contributed by atoms with Crippen LogP contribution in [0.5, 0.6) is 0 Å². The molecule has 0 atom stereocenters. The fourth-order valence-electron chi connectivity index (χ4n) is 4.63. The lowest BCUT2D eigenvalue weighted by Gasteiger charge is -2.02. The van der Waals surface area contributed by atoms with Crippen LogP contribution in [0.25, 0.3) is 0 Å². The van der Waals surface area contributed by atoms with Crippen molar-refractivity contribution < 1.29 is 42.3 Å². The van der Waals surface area contributed by atoms with Crippen LogP contribution in [0.15, 0.2) is 18.1 Å². The van der Waals surface area contributed by atoms with Gasteiger partial charge in [0.1, 0.15) is 26.2 Å². The van der Waals surface area contributed by atoms with E-state index in [1.807, 2.05) is 27.7 Å². The SMILES string of the molecule is Cc1c(=N)o[n-][n+]1CCCCCCCC[n+]1[n-]oc(=N)c1C.Cc1c(=N)o[n-][n+]1CCCCCCCC[n+]1[n-]oc(=N)c1C.Cl.Cl.Cl.Cl.O. The van der Waals surface area contributed by atoms with Crippen molar-refractivity contribution in [3.63, 3.8) is 0 Å². The number of halogens is 4. The van der Waals surface area contributed by atoms with E-state index in [1.54, 1.807) is 18.7 Å². The molecule has 0 bridgehead atoms. The lowest BCUT2D eigenvalue weighted by Crippen LogP contribution is -2.41. The second-order valence-corrected chi connectivity index (χ2v) is 11.1. The van der Waals surface area contributed by atoms with E-state index in [4.69, 9.17) is 39.7 Å². The molecule has 4 rings (SSSR count). The molecule has 0 amide bonds. The van der Waals surface area contributed by atoms with Gasteiger partial charge in [-0.1, -0.05) is 25.7 Å². The molecule has 4 heterocycles. The maximum Gasteiger partial charge on any atom is 0.267 e. The van der Waals surface area contributed by atoms with Crippen molar-refractivity contribution in [2.75, 3.05) is 0 Å². The summed E-state index contributed by atoms with van der Waals surface area (Å²) >= 11 is 0. The molecule has 284 valence electrons. The Morgan fingerprint density at radius 3 is 0.673 bits per heavy atom. The van der Waals surface area contributed by atoms with E-state index in [2.05, 4.69) is 21.1 Å². The van der Waals surface area contributed by atoms with Crippen LogP contribution in [0.4, 0.5) is 0 Å². The molecule has 4 aromatic rings. The highest BCUT2D eigenvalue weighted by atomic mass is 35.5. The molecular weight excluding hydrogens is 726 g/mol. The molecule has 4 aromatic heterocycles. The molecule has 0 spiro atoms. The Morgan fingerprint density at radius 2 is 0.531 bits per heavy atom. The zero-order valence-corrected chi connectivity index (χ0v) is 31.9. The number of aromatic nitrogens is 8. The number of nitrogens with one attached hydrogen (secondary N) is 4. The third-order valence-corrected chi connectivity index (χ3v) is 7.77. The fourth-order valence-corrected chi connectivity index (χ4v) is 4.63. The fraction of sp³-hybridized carbons (Fsp3) is 0.714. The first kappa shape index (κ1) is 50.3. The third-order valence-electron chi connectivity index (χ3n) is 7.77. The average Bonchev–Trinajstić information content (AvgIpc) is 3.72. The predicted molar refractivity (Wildman–Crippen MR) is 179 cm³/mol. The van der Waals surface area contributed by atoms with E-state index < -0.39 is 0 Å². The Morgan fingerprint density at radius 1 is 0.367 bits per heavy atom. The Balaban J connectivity index is -0.000000784. The van der Waals surface area contributed by atoms with Crippen LogP contribution in [0, 0.1) is 49.3 Å². The number of hydrogen-bond donors (Lipinski definition) is 4. The molecule has 0 aliphatic rings. The standard InChI is InChI=1S/2C14H24N6O2.4ClH.H2O/c2*1-11-13(15)21-17-19(11)9-7-5-3-4-6-8-10-20-12(2)14(16)22-18-20;;;;;/h2*15-16H,3-10H2,1-2H3;4*1H;1H2. The highest BCUT2D eigenvalue weighted by Gasteiger charge is 2.08. The van der Waals surface area contributed by atoms with Crippen molar-refractivity contribution >= 4 is 49.6 Å². The van der Waals surface area contributed by atoms with Gasteiger partial charge >= 0.3 is 0 Å². The van der Waals surface area contributed by atoms with E-state index in [0.717, 1.165) is 100 Å². The monoisotopic (exact) mass is 778 g/mol.